The first-order valence-electron chi connectivity index (χ1n) is 11.7. The van der Waals surface area contributed by atoms with Crippen LogP contribution < -0.4 is 5.73 Å². The molecule has 5 rings (SSSR count). The fraction of sp³-hybridized carbons (Fsp3) is 0.296. The normalized spacial score (nSPS) is 27.2. The molecule has 37 heavy (non-hydrogen) atoms. The van der Waals surface area contributed by atoms with Gasteiger partial charge in [0, 0.05) is 22.1 Å². The molecule has 1 fully saturated rings. The van der Waals surface area contributed by atoms with Crippen LogP contribution in [0.4, 0.5) is 0 Å². The topological polar surface area (TPSA) is 161 Å². The number of fused-ring (bicyclic) bond motifs is 3. The summed E-state index contributed by atoms with van der Waals surface area (Å²) in [5.41, 5.74) is 3.53. The number of nitrogens with two attached hydrogens (primary N) is 1. The molecule has 9 nitrogen and oxygen atoms in total. The van der Waals surface area contributed by atoms with Gasteiger partial charge in [0.25, 0.3) is 5.91 Å². The van der Waals surface area contributed by atoms with E-state index >= 15 is 0 Å². The minimum atomic E-state index is -2.67. The summed E-state index contributed by atoms with van der Waals surface area (Å²) < 4.78 is 0. The van der Waals surface area contributed by atoms with Crippen LogP contribution in [-0.4, -0.2) is 68.5 Å². The number of benzene rings is 2. The first-order chi connectivity index (χ1) is 17.4. The van der Waals surface area contributed by atoms with Gasteiger partial charge in [-0.2, -0.15) is 0 Å². The number of aliphatic hydroxyl groups is 3. The fourth-order valence-electron chi connectivity index (χ4n) is 6.18. The SMILES string of the molecule is CN(C)[C@H]1C(=O)C(C(N)=O)=C(O)[C@]2(O)C(=O)C3=C(O)c4c(O)ccc(-c5ccccc5Cl)c4C[C@H]3C[C@@H]12. The summed E-state index contributed by atoms with van der Waals surface area (Å²) in [6.07, 6.45) is 0.201. The molecule has 2 aromatic carbocycles. The van der Waals surface area contributed by atoms with Crippen LogP contribution >= 0.6 is 11.6 Å². The molecule has 192 valence electrons. The van der Waals surface area contributed by atoms with Crippen LogP contribution in [0, 0.1) is 11.8 Å². The number of hydrogen-bond acceptors (Lipinski definition) is 8. The van der Waals surface area contributed by atoms with Crippen LogP contribution in [0.1, 0.15) is 17.5 Å². The van der Waals surface area contributed by atoms with E-state index < -0.39 is 58.0 Å². The van der Waals surface area contributed by atoms with Crippen molar-refractivity contribution in [3.63, 3.8) is 0 Å². The highest BCUT2D eigenvalue weighted by atomic mass is 35.5. The van der Waals surface area contributed by atoms with Gasteiger partial charge in [-0.3, -0.25) is 19.3 Å². The van der Waals surface area contributed by atoms with Crippen molar-refractivity contribution in [1.29, 1.82) is 0 Å². The largest absolute Gasteiger partial charge is 0.508 e. The Balaban J connectivity index is 1.76. The lowest BCUT2D eigenvalue weighted by molar-refractivity contribution is -0.153. The number of likely N-dealkylation sites (N-methyl/N-ethyl adjacent to an activating group) is 1. The highest BCUT2D eigenvalue weighted by Gasteiger charge is 2.64. The molecule has 0 bridgehead atoms. The van der Waals surface area contributed by atoms with Crippen LogP contribution in [-0.2, 0) is 20.8 Å². The molecule has 0 spiro atoms. The Bertz CT molecular complexity index is 1460. The van der Waals surface area contributed by atoms with Gasteiger partial charge >= 0.3 is 0 Å². The zero-order valence-electron chi connectivity index (χ0n) is 20.0. The van der Waals surface area contributed by atoms with Crippen molar-refractivity contribution in [3.05, 3.63) is 69.5 Å². The molecule has 0 aromatic heterocycles. The van der Waals surface area contributed by atoms with Crippen molar-refractivity contribution in [2.45, 2.75) is 24.5 Å². The van der Waals surface area contributed by atoms with E-state index in [1.54, 1.807) is 44.4 Å². The van der Waals surface area contributed by atoms with Crippen LogP contribution in [0.2, 0.25) is 5.02 Å². The predicted octanol–water partition coefficient (Wildman–Crippen LogP) is 2.28. The average molecular weight is 525 g/mol. The van der Waals surface area contributed by atoms with Gasteiger partial charge in [0.05, 0.1) is 11.6 Å². The minimum absolute atomic E-state index is 0.0172. The molecule has 10 heteroatoms. The number of aliphatic hydroxyl groups excluding tert-OH is 2. The summed E-state index contributed by atoms with van der Waals surface area (Å²) in [7, 11) is 3.11. The van der Waals surface area contributed by atoms with Crippen molar-refractivity contribution < 1.29 is 34.8 Å². The zero-order valence-corrected chi connectivity index (χ0v) is 20.8. The van der Waals surface area contributed by atoms with Crippen molar-refractivity contribution in [1.82, 2.24) is 4.90 Å². The van der Waals surface area contributed by atoms with Crippen molar-refractivity contribution in [3.8, 4) is 16.9 Å². The van der Waals surface area contributed by atoms with Crippen molar-refractivity contribution in [2.75, 3.05) is 14.1 Å². The first-order valence-corrected chi connectivity index (χ1v) is 12.0. The Kier molecular flexibility index (Phi) is 5.71. The molecule has 0 unspecified atom stereocenters. The van der Waals surface area contributed by atoms with Gasteiger partial charge in [-0.25, -0.2) is 0 Å². The van der Waals surface area contributed by atoms with Gasteiger partial charge in [-0.1, -0.05) is 35.9 Å². The quantitative estimate of drug-likeness (QED) is 0.382. The third kappa shape index (κ3) is 3.34. The number of primary amides is 1. The summed E-state index contributed by atoms with van der Waals surface area (Å²) in [6.45, 7) is 0. The zero-order chi connectivity index (χ0) is 27.0. The van der Waals surface area contributed by atoms with Gasteiger partial charge in [-0.15, -0.1) is 0 Å². The number of ketones is 2. The van der Waals surface area contributed by atoms with Crippen LogP contribution in [0.25, 0.3) is 16.9 Å². The second kappa shape index (κ2) is 8.44. The molecule has 0 aliphatic heterocycles. The average Bonchev–Trinajstić information content (AvgIpc) is 2.82. The molecule has 2 aromatic rings. The summed E-state index contributed by atoms with van der Waals surface area (Å²) in [6, 6.07) is 9.01. The number of aromatic hydroxyl groups is 1. The lowest BCUT2D eigenvalue weighted by Gasteiger charge is -2.50. The third-order valence-corrected chi connectivity index (χ3v) is 8.10. The Morgan fingerprint density at radius 1 is 1.08 bits per heavy atom. The van der Waals surface area contributed by atoms with E-state index in [4.69, 9.17) is 17.3 Å². The number of Topliss-reactive ketones (excluding diaryl/α,β-unsaturated/α-hetero) is 2. The van der Waals surface area contributed by atoms with E-state index in [0.717, 1.165) is 0 Å². The Hall–Kier alpha value is -3.66. The predicted molar refractivity (Wildman–Crippen MR) is 135 cm³/mol. The molecule has 0 heterocycles. The molecule has 4 atom stereocenters. The van der Waals surface area contributed by atoms with E-state index in [2.05, 4.69) is 0 Å². The highest BCUT2D eigenvalue weighted by Crippen LogP contribution is 2.53. The number of rotatable bonds is 3. The van der Waals surface area contributed by atoms with Crippen molar-refractivity contribution >= 4 is 34.8 Å². The standard InChI is InChI=1S/C27H25ClN2O7/c1-30(2)21-15-10-11-9-14-12(13-5-3-4-6-16(13)28)7-8-17(31)19(14)22(32)18(11)24(34)27(15,37)25(35)20(23(21)33)26(29)36/h3-8,11,15,21,31-32,35,37H,9-10H2,1-2H3,(H2,29,36)/t11-,15-,21+,27+/m0/s1. The van der Waals surface area contributed by atoms with Crippen LogP contribution in [0.3, 0.4) is 0 Å². The van der Waals surface area contributed by atoms with Crippen molar-refractivity contribution in [2.24, 2.45) is 17.6 Å². The summed E-state index contributed by atoms with van der Waals surface area (Å²) in [5.74, 6) is -6.84. The maximum atomic E-state index is 13.9. The first kappa shape index (κ1) is 25.0. The number of hydrogen-bond donors (Lipinski definition) is 5. The summed E-state index contributed by atoms with van der Waals surface area (Å²) >= 11 is 6.43. The van der Waals surface area contributed by atoms with E-state index in [1.807, 2.05) is 0 Å². The van der Waals surface area contributed by atoms with Gasteiger partial charge in [0.2, 0.25) is 5.78 Å². The number of phenolic OH excluding ortho intramolecular Hbond substituents is 1. The molecular formula is C27H25ClN2O7. The Labute approximate surface area is 217 Å². The molecule has 1 amide bonds. The van der Waals surface area contributed by atoms with Gasteiger partial charge in [0.15, 0.2) is 11.4 Å². The number of amides is 1. The van der Waals surface area contributed by atoms with E-state index in [0.29, 0.717) is 21.7 Å². The van der Waals surface area contributed by atoms with Gasteiger partial charge < -0.3 is 26.2 Å². The molecule has 3 aliphatic rings. The monoisotopic (exact) mass is 524 g/mol. The van der Waals surface area contributed by atoms with E-state index in [-0.39, 0.29) is 29.7 Å². The van der Waals surface area contributed by atoms with Crippen LogP contribution in [0.5, 0.6) is 5.75 Å². The van der Waals surface area contributed by atoms with Gasteiger partial charge in [-0.05, 0) is 56.1 Å². The summed E-state index contributed by atoms with van der Waals surface area (Å²) in [5, 5.41) is 45.0. The smallest absolute Gasteiger partial charge is 0.255 e. The molecule has 0 saturated heterocycles. The third-order valence-electron chi connectivity index (χ3n) is 7.77. The molecular weight excluding hydrogens is 500 g/mol. The maximum Gasteiger partial charge on any atom is 0.255 e. The highest BCUT2D eigenvalue weighted by molar-refractivity contribution is 6.33. The fourth-order valence-corrected chi connectivity index (χ4v) is 6.41. The molecule has 0 radical (unpaired) electrons. The van der Waals surface area contributed by atoms with Crippen LogP contribution in [0.15, 0.2) is 53.3 Å². The molecule has 3 aliphatic carbocycles. The lowest BCUT2D eigenvalue weighted by Crippen LogP contribution is -2.65. The van der Waals surface area contributed by atoms with Gasteiger partial charge in [0.1, 0.15) is 22.8 Å². The number of carbonyl (C=O) groups excluding carboxylic acids is 3. The lowest BCUT2D eigenvalue weighted by atomic mass is 9.57. The number of nitrogens with zero attached hydrogens (tertiary/aromatic N) is 1. The Morgan fingerprint density at radius 3 is 2.38 bits per heavy atom. The minimum Gasteiger partial charge on any atom is -0.508 e. The maximum absolute atomic E-state index is 13.9. The summed E-state index contributed by atoms with van der Waals surface area (Å²) in [4.78, 5) is 40.6. The second-order valence-electron chi connectivity index (χ2n) is 9.93. The Morgan fingerprint density at radius 2 is 1.76 bits per heavy atom. The number of phenols is 1. The molecule has 6 N–H and O–H groups in total. The van der Waals surface area contributed by atoms with E-state index in [9.17, 15) is 34.8 Å². The number of carbonyl (C=O) groups is 3. The second-order valence-corrected chi connectivity index (χ2v) is 10.3. The van der Waals surface area contributed by atoms with E-state index in [1.165, 1.54) is 11.0 Å². The molecule has 1 saturated carbocycles. The number of halogens is 1.